The van der Waals surface area contributed by atoms with E-state index in [0.717, 1.165) is 37.2 Å². The lowest BCUT2D eigenvalue weighted by molar-refractivity contribution is 0.281. The van der Waals surface area contributed by atoms with Gasteiger partial charge in [-0.1, -0.05) is 25.4 Å². The Labute approximate surface area is 119 Å². The van der Waals surface area contributed by atoms with Crippen LogP contribution in [0.1, 0.15) is 38.7 Å². The molecule has 0 saturated carbocycles. The van der Waals surface area contributed by atoms with Gasteiger partial charge in [0.05, 0.1) is 12.2 Å². The van der Waals surface area contributed by atoms with Crippen molar-refractivity contribution in [2.45, 2.75) is 39.7 Å². The fourth-order valence-electron chi connectivity index (χ4n) is 2.79. The fraction of sp³-hybridized carbons (Fsp3) is 0.714. The normalized spacial score (nSPS) is 20.7. The minimum absolute atomic E-state index is 0.112. The lowest BCUT2D eigenvalue weighted by atomic mass is 9.89. The largest absolute Gasteiger partial charge is 0.391 e. The predicted molar refractivity (Wildman–Crippen MR) is 77.4 cm³/mol. The van der Waals surface area contributed by atoms with E-state index in [1.807, 2.05) is 0 Å². The van der Waals surface area contributed by atoms with Crippen molar-refractivity contribution in [1.29, 1.82) is 0 Å². The number of hydrogen-bond acceptors (Lipinski definition) is 4. The number of hydrogen-bond donors (Lipinski definition) is 1. The Kier molecular flexibility index (Phi) is 4.99. The average Bonchev–Trinajstić information content (AvgIpc) is 2.64. The first kappa shape index (κ1) is 14.5. The van der Waals surface area contributed by atoms with Crippen LogP contribution in [0.2, 0.25) is 5.15 Å². The standard InChI is InChI=1S/C14H22ClN3O/c1-10(2)11-4-3-6-18(7-5-11)14-12(8-19)13(15)16-9-17-14/h9-11,19H,3-8H2,1-2H3. The summed E-state index contributed by atoms with van der Waals surface area (Å²) in [6, 6.07) is 0. The van der Waals surface area contributed by atoms with Crippen LogP contribution >= 0.6 is 11.6 Å². The second-order valence-corrected chi connectivity index (χ2v) is 5.90. The maximum absolute atomic E-state index is 9.45. The highest BCUT2D eigenvalue weighted by Gasteiger charge is 2.22. The van der Waals surface area contributed by atoms with Gasteiger partial charge in [0, 0.05) is 13.1 Å². The minimum Gasteiger partial charge on any atom is -0.391 e. The average molecular weight is 284 g/mol. The summed E-state index contributed by atoms with van der Waals surface area (Å²) in [6.07, 6.45) is 5.07. The maximum atomic E-state index is 9.45. The predicted octanol–water partition coefficient (Wildman–Crippen LogP) is 2.88. The molecule has 106 valence electrons. The summed E-state index contributed by atoms with van der Waals surface area (Å²) < 4.78 is 0. The van der Waals surface area contributed by atoms with Gasteiger partial charge in [0.25, 0.3) is 0 Å². The number of halogens is 1. The lowest BCUT2D eigenvalue weighted by Gasteiger charge is -2.24. The SMILES string of the molecule is CC(C)C1CCCN(c2ncnc(Cl)c2CO)CC1. The van der Waals surface area contributed by atoms with Crippen molar-refractivity contribution in [3.63, 3.8) is 0 Å². The number of rotatable bonds is 3. The van der Waals surface area contributed by atoms with Crippen molar-refractivity contribution < 1.29 is 5.11 Å². The molecule has 1 aliphatic heterocycles. The first-order valence-electron chi connectivity index (χ1n) is 6.98. The molecule has 0 spiro atoms. The van der Waals surface area contributed by atoms with Gasteiger partial charge in [-0.25, -0.2) is 9.97 Å². The highest BCUT2D eigenvalue weighted by atomic mass is 35.5. The van der Waals surface area contributed by atoms with Crippen LogP contribution in [0.25, 0.3) is 0 Å². The van der Waals surface area contributed by atoms with Crippen molar-refractivity contribution in [1.82, 2.24) is 9.97 Å². The van der Waals surface area contributed by atoms with Crippen molar-refractivity contribution in [3.05, 3.63) is 17.0 Å². The first-order chi connectivity index (χ1) is 9.13. The summed E-state index contributed by atoms with van der Waals surface area (Å²) in [7, 11) is 0. The van der Waals surface area contributed by atoms with Crippen LogP contribution in [-0.2, 0) is 6.61 Å². The van der Waals surface area contributed by atoms with Crippen molar-refractivity contribution in [3.8, 4) is 0 Å². The van der Waals surface area contributed by atoms with Crippen LogP contribution in [0.3, 0.4) is 0 Å². The Balaban J connectivity index is 2.16. The molecule has 1 saturated heterocycles. The highest BCUT2D eigenvalue weighted by Crippen LogP contribution is 2.29. The summed E-state index contributed by atoms with van der Waals surface area (Å²) in [5.41, 5.74) is 0.646. The summed E-state index contributed by atoms with van der Waals surface area (Å²) in [4.78, 5) is 10.5. The number of aromatic nitrogens is 2. The Morgan fingerprint density at radius 2 is 2.16 bits per heavy atom. The van der Waals surface area contributed by atoms with Gasteiger partial charge in [0.15, 0.2) is 0 Å². The molecule has 0 aromatic carbocycles. The molecule has 1 unspecified atom stereocenters. The van der Waals surface area contributed by atoms with Gasteiger partial charge in [0.2, 0.25) is 0 Å². The highest BCUT2D eigenvalue weighted by molar-refractivity contribution is 6.30. The number of nitrogens with zero attached hydrogens (tertiary/aromatic N) is 3. The molecule has 19 heavy (non-hydrogen) atoms. The van der Waals surface area contributed by atoms with Crippen LogP contribution in [0, 0.1) is 11.8 Å². The maximum Gasteiger partial charge on any atom is 0.140 e. The van der Waals surface area contributed by atoms with Crippen LogP contribution < -0.4 is 4.90 Å². The zero-order chi connectivity index (χ0) is 13.8. The number of anilines is 1. The zero-order valence-corrected chi connectivity index (χ0v) is 12.4. The van der Waals surface area contributed by atoms with E-state index in [4.69, 9.17) is 11.6 Å². The van der Waals surface area contributed by atoms with Gasteiger partial charge in [-0.15, -0.1) is 0 Å². The van der Waals surface area contributed by atoms with Crippen molar-refractivity contribution >= 4 is 17.4 Å². The summed E-state index contributed by atoms with van der Waals surface area (Å²) in [5, 5.41) is 9.81. The fourth-order valence-corrected chi connectivity index (χ4v) is 2.98. The topological polar surface area (TPSA) is 49.2 Å². The molecule has 1 aromatic heterocycles. The molecule has 0 bridgehead atoms. The Morgan fingerprint density at radius 3 is 2.84 bits per heavy atom. The van der Waals surface area contributed by atoms with Crippen molar-refractivity contribution in [2.24, 2.45) is 11.8 Å². The summed E-state index contributed by atoms with van der Waals surface area (Å²) in [6.45, 7) is 6.42. The van der Waals surface area contributed by atoms with Gasteiger partial charge < -0.3 is 10.0 Å². The smallest absolute Gasteiger partial charge is 0.140 e. The van der Waals surface area contributed by atoms with Crippen LogP contribution in [0.5, 0.6) is 0 Å². The van der Waals surface area contributed by atoms with Crippen LogP contribution in [-0.4, -0.2) is 28.2 Å². The van der Waals surface area contributed by atoms with E-state index >= 15 is 0 Å². The van der Waals surface area contributed by atoms with E-state index in [9.17, 15) is 5.11 Å². The van der Waals surface area contributed by atoms with Gasteiger partial charge in [-0.2, -0.15) is 0 Å². The molecule has 0 amide bonds. The Hall–Kier alpha value is -0.870. The van der Waals surface area contributed by atoms with E-state index in [0.29, 0.717) is 10.7 Å². The third-order valence-electron chi connectivity index (χ3n) is 4.04. The molecule has 1 fully saturated rings. The van der Waals surface area contributed by atoms with E-state index < -0.39 is 0 Å². The monoisotopic (exact) mass is 283 g/mol. The van der Waals surface area contributed by atoms with E-state index in [-0.39, 0.29) is 6.61 Å². The molecule has 1 aliphatic rings. The number of aliphatic hydroxyl groups is 1. The molecule has 1 aromatic rings. The number of aliphatic hydroxyl groups excluding tert-OH is 1. The van der Waals surface area contributed by atoms with E-state index in [1.165, 1.54) is 19.2 Å². The quantitative estimate of drug-likeness (QED) is 0.867. The molecule has 0 aliphatic carbocycles. The molecular weight excluding hydrogens is 262 g/mol. The molecule has 1 N–H and O–H groups in total. The minimum atomic E-state index is -0.112. The molecule has 2 heterocycles. The lowest BCUT2D eigenvalue weighted by Crippen LogP contribution is -2.27. The third-order valence-corrected chi connectivity index (χ3v) is 4.37. The molecular formula is C14H22ClN3O. The second-order valence-electron chi connectivity index (χ2n) is 5.55. The molecule has 0 radical (unpaired) electrons. The molecule has 5 heteroatoms. The summed E-state index contributed by atoms with van der Waals surface area (Å²) >= 11 is 6.03. The summed E-state index contributed by atoms with van der Waals surface area (Å²) in [5.74, 6) is 2.30. The van der Waals surface area contributed by atoms with E-state index in [1.54, 1.807) is 0 Å². The zero-order valence-electron chi connectivity index (χ0n) is 11.6. The van der Waals surface area contributed by atoms with Crippen LogP contribution in [0.15, 0.2) is 6.33 Å². The van der Waals surface area contributed by atoms with Gasteiger partial charge in [0.1, 0.15) is 17.3 Å². The van der Waals surface area contributed by atoms with E-state index in [2.05, 4.69) is 28.7 Å². The van der Waals surface area contributed by atoms with Crippen molar-refractivity contribution in [2.75, 3.05) is 18.0 Å². The first-order valence-corrected chi connectivity index (χ1v) is 7.36. The third kappa shape index (κ3) is 3.37. The Morgan fingerprint density at radius 1 is 1.37 bits per heavy atom. The molecule has 4 nitrogen and oxygen atoms in total. The molecule has 2 rings (SSSR count). The van der Waals surface area contributed by atoms with Gasteiger partial charge in [-0.05, 0) is 31.1 Å². The van der Waals surface area contributed by atoms with Gasteiger partial charge in [-0.3, -0.25) is 0 Å². The van der Waals surface area contributed by atoms with Crippen LogP contribution in [0.4, 0.5) is 5.82 Å². The second kappa shape index (κ2) is 6.53. The molecule has 1 atom stereocenters. The Bertz CT molecular complexity index is 425. The van der Waals surface area contributed by atoms with Gasteiger partial charge >= 0.3 is 0 Å².